The van der Waals surface area contributed by atoms with E-state index < -0.39 is 0 Å². The van der Waals surface area contributed by atoms with Crippen molar-refractivity contribution in [2.75, 3.05) is 26.2 Å². The highest BCUT2D eigenvalue weighted by atomic mass is 16.2. The van der Waals surface area contributed by atoms with Gasteiger partial charge in [0.1, 0.15) is 12.1 Å². The second kappa shape index (κ2) is 7.20. The number of nitrogens with one attached hydrogen (secondary N) is 1. The molecular weight excluding hydrogens is 290 g/mol. The number of piperazine rings is 2. The smallest absolute Gasteiger partial charge is 0.245 e. The average molecular weight is 321 g/mol. The summed E-state index contributed by atoms with van der Waals surface area (Å²) in [7, 11) is 0. The molecule has 5 nitrogen and oxygen atoms in total. The van der Waals surface area contributed by atoms with Crippen LogP contribution in [0.1, 0.15) is 52.4 Å². The molecule has 0 spiro atoms. The van der Waals surface area contributed by atoms with Gasteiger partial charge in [-0.25, -0.2) is 0 Å². The van der Waals surface area contributed by atoms with E-state index in [1.165, 1.54) is 32.1 Å². The van der Waals surface area contributed by atoms with Crippen molar-refractivity contribution in [2.45, 2.75) is 64.5 Å². The highest BCUT2D eigenvalue weighted by Crippen LogP contribution is 2.26. The van der Waals surface area contributed by atoms with Crippen molar-refractivity contribution in [3.63, 3.8) is 0 Å². The summed E-state index contributed by atoms with van der Waals surface area (Å²) < 4.78 is 0. The molecule has 0 unspecified atom stereocenters. The first-order valence-corrected chi connectivity index (χ1v) is 9.38. The number of fused-ring (bicyclic) bond motifs is 1. The lowest BCUT2D eigenvalue weighted by Gasteiger charge is -2.46. The minimum atomic E-state index is -0.316. The second-order valence-electron chi connectivity index (χ2n) is 8.00. The van der Waals surface area contributed by atoms with E-state index in [1.807, 2.05) is 4.90 Å². The van der Waals surface area contributed by atoms with E-state index in [4.69, 9.17) is 0 Å². The minimum Gasteiger partial charge on any atom is -0.342 e. The van der Waals surface area contributed by atoms with Crippen LogP contribution in [0.25, 0.3) is 0 Å². The molecule has 2 amide bonds. The fourth-order valence-electron chi connectivity index (χ4n) is 4.39. The maximum atomic E-state index is 12.6. The number of amides is 2. The first kappa shape index (κ1) is 16.7. The van der Waals surface area contributed by atoms with Crippen molar-refractivity contribution in [1.29, 1.82) is 0 Å². The lowest BCUT2D eigenvalue weighted by atomic mass is 9.88. The maximum absolute atomic E-state index is 12.6. The quantitative estimate of drug-likeness (QED) is 0.856. The lowest BCUT2D eigenvalue weighted by Crippen LogP contribution is -2.69. The number of rotatable bonds is 4. The van der Waals surface area contributed by atoms with E-state index in [9.17, 15) is 9.59 Å². The van der Waals surface area contributed by atoms with Gasteiger partial charge in [-0.15, -0.1) is 0 Å². The molecule has 3 aliphatic rings. The third-order valence-electron chi connectivity index (χ3n) is 5.61. The number of carbonyl (C=O) groups is 2. The third-order valence-corrected chi connectivity index (χ3v) is 5.61. The molecule has 1 aliphatic carbocycles. The molecule has 0 aromatic rings. The molecule has 0 radical (unpaired) electrons. The molecule has 130 valence electrons. The second-order valence-corrected chi connectivity index (χ2v) is 8.00. The molecule has 0 aromatic carbocycles. The summed E-state index contributed by atoms with van der Waals surface area (Å²) in [5, 5.41) is 2.96. The molecule has 3 rings (SSSR count). The van der Waals surface area contributed by atoms with Gasteiger partial charge in [0.25, 0.3) is 0 Å². The van der Waals surface area contributed by atoms with Crippen molar-refractivity contribution in [3.05, 3.63) is 0 Å². The van der Waals surface area contributed by atoms with Gasteiger partial charge in [0.05, 0.1) is 0 Å². The van der Waals surface area contributed by atoms with Crippen molar-refractivity contribution in [3.8, 4) is 0 Å². The van der Waals surface area contributed by atoms with Crippen LogP contribution in [0.4, 0.5) is 0 Å². The monoisotopic (exact) mass is 321 g/mol. The van der Waals surface area contributed by atoms with E-state index in [-0.39, 0.29) is 23.9 Å². The van der Waals surface area contributed by atoms with Crippen molar-refractivity contribution in [2.24, 2.45) is 11.8 Å². The highest BCUT2D eigenvalue weighted by Gasteiger charge is 2.43. The largest absolute Gasteiger partial charge is 0.342 e. The van der Waals surface area contributed by atoms with Gasteiger partial charge in [-0.05, 0) is 31.1 Å². The van der Waals surface area contributed by atoms with E-state index in [0.29, 0.717) is 19.0 Å². The summed E-state index contributed by atoms with van der Waals surface area (Å²) in [6.07, 6.45) is 7.47. The first-order chi connectivity index (χ1) is 11.0. The van der Waals surface area contributed by atoms with Crippen LogP contribution in [0.5, 0.6) is 0 Å². The van der Waals surface area contributed by atoms with Crippen LogP contribution in [0.3, 0.4) is 0 Å². The molecule has 2 heterocycles. The third kappa shape index (κ3) is 3.87. The summed E-state index contributed by atoms with van der Waals surface area (Å²) in [4.78, 5) is 29.3. The van der Waals surface area contributed by atoms with Gasteiger partial charge in [-0.3, -0.25) is 14.5 Å². The average Bonchev–Trinajstić information content (AvgIpc) is 2.53. The predicted octanol–water partition coefficient (Wildman–Crippen LogP) is 1.62. The zero-order valence-corrected chi connectivity index (χ0v) is 14.6. The summed E-state index contributed by atoms with van der Waals surface area (Å²) >= 11 is 0. The maximum Gasteiger partial charge on any atom is 0.245 e. The minimum absolute atomic E-state index is 0.0450. The van der Waals surface area contributed by atoms with E-state index in [1.54, 1.807) is 0 Å². The highest BCUT2D eigenvalue weighted by molar-refractivity contribution is 5.97. The molecular formula is C18H31N3O2. The van der Waals surface area contributed by atoms with Crippen LogP contribution in [0.2, 0.25) is 0 Å². The van der Waals surface area contributed by atoms with Crippen molar-refractivity contribution in [1.82, 2.24) is 15.1 Å². The summed E-state index contributed by atoms with van der Waals surface area (Å²) in [5.41, 5.74) is 0. The molecule has 23 heavy (non-hydrogen) atoms. The standard InChI is InChI=1S/C18H31N3O2/c1-13(2)10-15-18(23)21-9-8-20(12-16(21)17(22)19-15)11-14-6-4-3-5-7-14/h13-16H,3-12H2,1-2H3,(H,19,22)/t15-,16+/m0/s1. The Labute approximate surface area is 139 Å². The van der Waals surface area contributed by atoms with Gasteiger partial charge in [0, 0.05) is 26.2 Å². The van der Waals surface area contributed by atoms with Crippen LogP contribution >= 0.6 is 0 Å². The normalized spacial score (nSPS) is 30.5. The molecule has 1 N–H and O–H groups in total. The van der Waals surface area contributed by atoms with Gasteiger partial charge >= 0.3 is 0 Å². The fraction of sp³-hybridized carbons (Fsp3) is 0.889. The lowest BCUT2D eigenvalue weighted by molar-refractivity contribution is -0.153. The van der Waals surface area contributed by atoms with Gasteiger partial charge < -0.3 is 10.2 Å². The van der Waals surface area contributed by atoms with E-state index in [0.717, 1.165) is 25.4 Å². The number of hydrogen-bond acceptors (Lipinski definition) is 3. The molecule has 0 aromatic heterocycles. The van der Waals surface area contributed by atoms with Gasteiger partial charge in [-0.1, -0.05) is 33.1 Å². The zero-order chi connectivity index (χ0) is 16.4. The van der Waals surface area contributed by atoms with Crippen LogP contribution in [0, 0.1) is 11.8 Å². The molecule has 0 bridgehead atoms. The molecule has 2 saturated heterocycles. The molecule has 2 aliphatic heterocycles. The van der Waals surface area contributed by atoms with Crippen LogP contribution in [0.15, 0.2) is 0 Å². The predicted molar refractivity (Wildman–Crippen MR) is 89.9 cm³/mol. The Morgan fingerprint density at radius 1 is 1.13 bits per heavy atom. The number of carbonyl (C=O) groups excluding carboxylic acids is 2. The van der Waals surface area contributed by atoms with Crippen LogP contribution in [-0.4, -0.2) is 59.9 Å². The van der Waals surface area contributed by atoms with Crippen molar-refractivity contribution >= 4 is 11.8 Å². The number of hydrogen-bond donors (Lipinski definition) is 1. The first-order valence-electron chi connectivity index (χ1n) is 9.38. The Morgan fingerprint density at radius 2 is 1.87 bits per heavy atom. The van der Waals surface area contributed by atoms with E-state index >= 15 is 0 Å². The van der Waals surface area contributed by atoms with Crippen LogP contribution < -0.4 is 5.32 Å². The molecule has 1 saturated carbocycles. The molecule has 5 heteroatoms. The molecule has 2 atom stereocenters. The Hall–Kier alpha value is -1.10. The van der Waals surface area contributed by atoms with Gasteiger partial charge in [0.2, 0.25) is 11.8 Å². The summed E-state index contributed by atoms with van der Waals surface area (Å²) in [5.74, 6) is 1.36. The zero-order valence-electron chi connectivity index (χ0n) is 14.6. The number of nitrogens with zero attached hydrogens (tertiary/aromatic N) is 2. The van der Waals surface area contributed by atoms with Crippen molar-refractivity contribution < 1.29 is 9.59 Å². The summed E-state index contributed by atoms with van der Waals surface area (Å²) in [6.45, 7) is 7.61. The van der Waals surface area contributed by atoms with Crippen LogP contribution in [-0.2, 0) is 9.59 Å². The Morgan fingerprint density at radius 3 is 2.57 bits per heavy atom. The van der Waals surface area contributed by atoms with E-state index in [2.05, 4.69) is 24.1 Å². The summed E-state index contributed by atoms with van der Waals surface area (Å²) in [6, 6.07) is -0.591. The Bertz CT molecular complexity index is 446. The Kier molecular flexibility index (Phi) is 5.24. The SMILES string of the molecule is CC(C)C[C@@H]1NC(=O)[C@H]2CN(CC3CCCCC3)CCN2C1=O. The fourth-order valence-corrected chi connectivity index (χ4v) is 4.39. The molecule has 3 fully saturated rings. The topological polar surface area (TPSA) is 52.7 Å². The van der Waals surface area contributed by atoms with Gasteiger partial charge in [0.15, 0.2) is 0 Å². The van der Waals surface area contributed by atoms with Gasteiger partial charge in [-0.2, -0.15) is 0 Å². The Balaban J connectivity index is 1.58.